The number of fused-ring (bicyclic) bond motifs is 1. The molecule has 0 unspecified atom stereocenters. The van der Waals surface area contributed by atoms with E-state index in [9.17, 15) is 13.2 Å². The summed E-state index contributed by atoms with van der Waals surface area (Å²) >= 11 is 12.9. The van der Waals surface area contributed by atoms with Gasteiger partial charge in [0, 0.05) is 12.6 Å². The molecule has 0 aliphatic rings. The minimum absolute atomic E-state index is 0.00793. The molecule has 0 saturated carbocycles. The van der Waals surface area contributed by atoms with E-state index >= 15 is 0 Å². The summed E-state index contributed by atoms with van der Waals surface area (Å²) in [4.78, 5) is 23.4. The number of sulfonamides is 1. The molecular weight excluding hydrogens is 555 g/mol. The van der Waals surface area contributed by atoms with Gasteiger partial charge >= 0.3 is 0 Å². The molecule has 0 saturated heterocycles. The smallest absolute Gasteiger partial charge is 0.266 e. The van der Waals surface area contributed by atoms with Crippen LogP contribution in [0.15, 0.2) is 108 Å². The summed E-state index contributed by atoms with van der Waals surface area (Å²) < 4.78 is 29.4. The van der Waals surface area contributed by atoms with E-state index in [2.05, 4.69) is 9.97 Å². The number of benzene rings is 4. The van der Waals surface area contributed by atoms with Crippen LogP contribution in [0.4, 0.5) is 11.5 Å². The van der Waals surface area contributed by atoms with Gasteiger partial charge in [-0.1, -0.05) is 77.8 Å². The molecule has 196 valence electrons. The Labute approximate surface area is 236 Å². The Hall–Kier alpha value is -3.98. The van der Waals surface area contributed by atoms with E-state index in [1.165, 1.54) is 33.6 Å². The standard InChI is InChI=1S/C29H22Cl2N4O3S/c1-34(28-18-32-24-12-6-7-13-25(24)33-28)29(36)21-15-16-23(31)27(17-21)39(37,38)35(19-20-9-3-2-4-10-20)26-14-8-5-11-22(26)30/h2-18H,19H2,1H3. The summed E-state index contributed by atoms with van der Waals surface area (Å²) in [5, 5.41) is 0.236. The first kappa shape index (κ1) is 26.6. The Balaban J connectivity index is 1.54. The van der Waals surface area contributed by atoms with Crippen LogP contribution in [0.2, 0.25) is 10.0 Å². The maximum absolute atomic E-state index is 14.1. The van der Waals surface area contributed by atoms with E-state index in [-0.39, 0.29) is 27.0 Å². The summed E-state index contributed by atoms with van der Waals surface area (Å²) in [6.07, 6.45) is 1.49. The molecule has 1 heterocycles. The first-order valence-corrected chi connectivity index (χ1v) is 14.1. The zero-order chi connectivity index (χ0) is 27.6. The number of halogens is 2. The first-order valence-electron chi connectivity index (χ1n) is 11.9. The highest BCUT2D eigenvalue weighted by Crippen LogP contribution is 2.35. The second kappa shape index (κ2) is 11.0. The highest BCUT2D eigenvalue weighted by molar-refractivity contribution is 7.93. The third-order valence-corrected chi connectivity index (χ3v) is 8.68. The van der Waals surface area contributed by atoms with Crippen LogP contribution in [0.3, 0.4) is 0 Å². The second-order valence-electron chi connectivity index (χ2n) is 8.67. The number of aromatic nitrogens is 2. The largest absolute Gasteiger partial charge is 0.295 e. The zero-order valence-corrected chi connectivity index (χ0v) is 23.0. The molecule has 5 aromatic rings. The average molecular weight is 577 g/mol. The van der Waals surface area contributed by atoms with Crippen molar-refractivity contribution < 1.29 is 13.2 Å². The number of hydrogen-bond donors (Lipinski definition) is 0. The van der Waals surface area contributed by atoms with E-state index in [1.54, 1.807) is 37.4 Å². The maximum atomic E-state index is 14.1. The quantitative estimate of drug-likeness (QED) is 0.218. The fourth-order valence-corrected chi connectivity index (χ4v) is 6.33. The van der Waals surface area contributed by atoms with Crippen LogP contribution in [-0.4, -0.2) is 31.3 Å². The molecule has 0 bridgehead atoms. The molecule has 0 spiro atoms. The molecule has 0 fully saturated rings. The molecule has 0 aliphatic carbocycles. The molecule has 0 atom stereocenters. The number of hydrogen-bond acceptors (Lipinski definition) is 5. The molecule has 0 radical (unpaired) electrons. The molecule has 0 aliphatic heterocycles. The fraction of sp³-hybridized carbons (Fsp3) is 0.0690. The van der Waals surface area contributed by atoms with Crippen LogP contribution in [0.5, 0.6) is 0 Å². The van der Waals surface area contributed by atoms with Gasteiger partial charge in [-0.15, -0.1) is 0 Å². The normalized spacial score (nSPS) is 11.4. The van der Waals surface area contributed by atoms with Crippen molar-refractivity contribution in [3.63, 3.8) is 0 Å². The minimum atomic E-state index is -4.26. The third kappa shape index (κ3) is 5.45. The van der Waals surface area contributed by atoms with Crippen molar-refractivity contribution in [3.8, 4) is 0 Å². The topological polar surface area (TPSA) is 83.5 Å². The Morgan fingerprint density at radius 1 is 0.821 bits per heavy atom. The lowest BCUT2D eigenvalue weighted by Crippen LogP contribution is -2.32. The molecule has 10 heteroatoms. The van der Waals surface area contributed by atoms with Gasteiger partial charge in [0.2, 0.25) is 0 Å². The predicted molar refractivity (Wildman–Crippen MR) is 155 cm³/mol. The Kier molecular flexibility index (Phi) is 7.52. The lowest BCUT2D eigenvalue weighted by atomic mass is 10.2. The number of nitrogens with zero attached hydrogens (tertiary/aromatic N) is 4. The summed E-state index contributed by atoms with van der Waals surface area (Å²) in [6, 6.07) is 27.3. The summed E-state index contributed by atoms with van der Waals surface area (Å²) in [5.41, 5.74) is 2.48. The molecule has 7 nitrogen and oxygen atoms in total. The third-order valence-electron chi connectivity index (χ3n) is 6.12. The number of amides is 1. The molecule has 5 rings (SSSR count). The van der Waals surface area contributed by atoms with E-state index in [0.717, 1.165) is 5.56 Å². The van der Waals surface area contributed by atoms with Crippen LogP contribution in [0.25, 0.3) is 11.0 Å². The number of rotatable bonds is 7. The minimum Gasteiger partial charge on any atom is -0.295 e. The van der Waals surface area contributed by atoms with Crippen molar-refractivity contribution >= 4 is 61.7 Å². The van der Waals surface area contributed by atoms with Crippen LogP contribution in [-0.2, 0) is 16.6 Å². The van der Waals surface area contributed by atoms with Gasteiger partial charge in [0.15, 0.2) is 5.82 Å². The lowest BCUT2D eigenvalue weighted by molar-refractivity contribution is 0.0992. The molecule has 39 heavy (non-hydrogen) atoms. The molecular formula is C29H22Cl2N4O3S. The van der Waals surface area contributed by atoms with Crippen LogP contribution in [0.1, 0.15) is 15.9 Å². The summed E-state index contributed by atoms with van der Waals surface area (Å²) in [5.74, 6) is -0.153. The van der Waals surface area contributed by atoms with Crippen LogP contribution >= 0.6 is 23.2 Å². The van der Waals surface area contributed by atoms with Crippen LogP contribution in [0, 0.1) is 0 Å². The van der Waals surface area contributed by atoms with Crippen molar-refractivity contribution in [1.82, 2.24) is 9.97 Å². The number of anilines is 2. The van der Waals surface area contributed by atoms with Crippen molar-refractivity contribution in [2.75, 3.05) is 16.3 Å². The zero-order valence-electron chi connectivity index (χ0n) is 20.7. The highest BCUT2D eigenvalue weighted by atomic mass is 35.5. The van der Waals surface area contributed by atoms with Gasteiger partial charge in [-0.05, 0) is 48.0 Å². The van der Waals surface area contributed by atoms with E-state index in [0.29, 0.717) is 22.5 Å². The average Bonchev–Trinajstić information content (AvgIpc) is 2.96. The molecule has 1 aromatic heterocycles. The van der Waals surface area contributed by atoms with Gasteiger partial charge in [0.1, 0.15) is 4.90 Å². The lowest BCUT2D eigenvalue weighted by Gasteiger charge is -2.26. The number of carbonyl (C=O) groups is 1. The SMILES string of the molecule is CN(C(=O)c1ccc(Cl)c(S(=O)(=O)N(Cc2ccccc2)c2ccccc2Cl)c1)c1cnc2ccccc2n1. The first-order chi connectivity index (χ1) is 18.8. The maximum Gasteiger partial charge on any atom is 0.266 e. The summed E-state index contributed by atoms with van der Waals surface area (Å²) in [6.45, 7) is 0.00793. The van der Waals surface area contributed by atoms with Gasteiger partial charge in [0.25, 0.3) is 15.9 Å². The molecule has 1 amide bonds. The van der Waals surface area contributed by atoms with Gasteiger partial charge in [0.05, 0.1) is 39.5 Å². The predicted octanol–water partition coefficient (Wildman–Crippen LogP) is 6.61. The highest BCUT2D eigenvalue weighted by Gasteiger charge is 2.30. The number of carbonyl (C=O) groups excluding carboxylic acids is 1. The second-order valence-corrected chi connectivity index (χ2v) is 11.3. The summed E-state index contributed by atoms with van der Waals surface area (Å²) in [7, 11) is -2.71. The molecule has 0 N–H and O–H groups in total. The van der Waals surface area contributed by atoms with Crippen LogP contribution < -0.4 is 9.21 Å². The van der Waals surface area contributed by atoms with Gasteiger partial charge < -0.3 is 0 Å². The Morgan fingerprint density at radius 2 is 1.49 bits per heavy atom. The van der Waals surface area contributed by atoms with Gasteiger partial charge in [-0.25, -0.2) is 13.4 Å². The number of para-hydroxylation sites is 3. The van der Waals surface area contributed by atoms with Gasteiger partial charge in [-0.3, -0.25) is 19.0 Å². The Morgan fingerprint density at radius 3 is 2.23 bits per heavy atom. The van der Waals surface area contributed by atoms with E-state index < -0.39 is 15.9 Å². The monoisotopic (exact) mass is 576 g/mol. The van der Waals surface area contributed by atoms with Crippen molar-refractivity contribution in [3.05, 3.63) is 124 Å². The molecule has 4 aromatic carbocycles. The van der Waals surface area contributed by atoms with Gasteiger partial charge in [-0.2, -0.15) is 0 Å². The van der Waals surface area contributed by atoms with Crippen molar-refractivity contribution in [1.29, 1.82) is 0 Å². The van der Waals surface area contributed by atoms with E-state index in [4.69, 9.17) is 23.2 Å². The van der Waals surface area contributed by atoms with Crippen molar-refractivity contribution in [2.45, 2.75) is 11.4 Å². The van der Waals surface area contributed by atoms with E-state index in [1.807, 2.05) is 48.5 Å². The van der Waals surface area contributed by atoms with Crippen molar-refractivity contribution in [2.24, 2.45) is 0 Å². The fourth-order valence-electron chi connectivity index (χ4n) is 4.06. The Bertz CT molecular complexity index is 1780.